The average molecular weight is 394 g/mol. The molecule has 0 spiro atoms. The number of hydrogen-bond donors (Lipinski definition) is 1. The highest BCUT2D eigenvalue weighted by Gasteiger charge is 2.56. The van der Waals surface area contributed by atoms with E-state index in [1.165, 1.54) is 36.4 Å². The van der Waals surface area contributed by atoms with Crippen LogP contribution in [0.5, 0.6) is 0 Å². The topological polar surface area (TPSA) is 83.9 Å². The second-order valence-corrected chi connectivity index (χ2v) is 6.42. The zero-order valence-electron chi connectivity index (χ0n) is 13.5. The molecule has 1 aliphatic rings. The maximum absolute atomic E-state index is 13.0. The average Bonchev–Trinajstić information content (AvgIpc) is 2.59. The van der Waals surface area contributed by atoms with Gasteiger partial charge in [-0.15, -0.1) is 0 Å². The molecule has 0 radical (unpaired) electrons. The van der Waals surface area contributed by atoms with E-state index < -0.39 is 23.4 Å². The standard InChI is InChI=1S/C18H13Cl2NO5/c1-2-26-17(24)18(25)14-6-4-3-5-13(14)15(22)21(16(18)23)12-8-10(19)7-11(20)9-12/h3-9,25H,2H2,1H3. The lowest BCUT2D eigenvalue weighted by atomic mass is 9.84. The maximum atomic E-state index is 13.0. The summed E-state index contributed by atoms with van der Waals surface area (Å²) < 4.78 is 4.88. The summed E-state index contributed by atoms with van der Waals surface area (Å²) in [6, 6.07) is 9.91. The van der Waals surface area contributed by atoms with Gasteiger partial charge < -0.3 is 9.84 Å². The number of anilines is 1. The number of hydrogen-bond acceptors (Lipinski definition) is 5. The number of carbonyl (C=O) groups excluding carboxylic acids is 3. The van der Waals surface area contributed by atoms with E-state index in [4.69, 9.17) is 27.9 Å². The molecule has 1 aliphatic heterocycles. The number of amides is 2. The molecule has 0 bridgehead atoms. The molecule has 2 amide bonds. The van der Waals surface area contributed by atoms with Gasteiger partial charge in [0, 0.05) is 21.2 Å². The molecule has 1 heterocycles. The van der Waals surface area contributed by atoms with Crippen molar-refractivity contribution in [1.29, 1.82) is 0 Å². The Bertz CT molecular complexity index is 909. The highest BCUT2D eigenvalue weighted by atomic mass is 35.5. The number of rotatable bonds is 3. The number of esters is 1. The maximum Gasteiger partial charge on any atom is 0.353 e. The number of benzene rings is 2. The minimum Gasteiger partial charge on any atom is -0.463 e. The smallest absolute Gasteiger partial charge is 0.353 e. The lowest BCUT2D eigenvalue weighted by Crippen LogP contribution is -2.59. The molecule has 0 aliphatic carbocycles. The molecule has 0 aromatic heterocycles. The van der Waals surface area contributed by atoms with E-state index in [0.29, 0.717) is 4.90 Å². The molecular formula is C18H13Cl2NO5. The first-order chi connectivity index (χ1) is 12.3. The first-order valence-corrected chi connectivity index (χ1v) is 8.40. The van der Waals surface area contributed by atoms with Crippen LogP contribution in [0, 0.1) is 0 Å². The number of imide groups is 1. The van der Waals surface area contributed by atoms with Gasteiger partial charge in [0.05, 0.1) is 12.3 Å². The number of ether oxygens (including phenoxy) is 1. The molecule has 1 atom stereocenters. The Hall–Kier alpha value is -2.41. The molecule has 1 N–H and O–H groups in total. The number of halogens is 2. The SMILES string of the molecule is CCOC(=O)C1(O)C(=O)N(c2cc(Cl)cc(Cl)c2)C(=O)c2ccccc21. The molecule has 2 aromatic rings. The van der Waals surface area contributed by atoms with Gasteiger partial charge in [0.25, 0.3) is 17.4 Å². The van der Waals surface area contributed by atoms with Gasteiger partial charge in [-0.1, -0.05) is 41.4 Å². The fraction of sp³-hybridized carbons (Fsp3) is 0.167. The molecule has 1 unspecified atom stereocenters. The zero-order valence-corrected chi connectivity index (χ0v) is 15.0. The number of aliphatic hydroxyl groups is 1. The summed E-state index contributed by atoms with van der Waals surface area (Å²) in [5.74, 6) is -3.03. The Morgan fingerprint density at radius 2 is 1.77 bits per heavy atom. The van der Waals surface area contributed by atoms with Crippen LogP contribution >= 0.6 is 23.2 Å². The molecule has 134 valence electrons. The molecule has 3 rings (SSSR count). The van der Waals surface area contributed by atoms with Crippen molar-refractivity contribution >= 4 is 46.7 Å². The van der Waals surface area contributed by atoms with Crippen molar-refractivity contribution in [2.75, 3.05) is 11.5 Å². The largest absolute Gasteiger partial charge is 0.463 e. The molecular weight excluding hydrogens is 381 g/mol. The number of carbonyl (C=O) groups is 3. The lowest BCUT2D eigenvalue weighted by Gasteiger charge is -2.36. The molecule has 8 heteroatoms. The van der Waals surface area contributed by atoms with Crippen LogP contribution in [0.25, 0.3) is 0 Å². The van der Waals surface area contributed by atoms with Crippen LogP contribution in [0.3, 0.4) is 0 Å². The van der Waals surface area contributed by atoms with E-state index in [9.17, 15) is 19.5 Å². The highest BCUT2D eigenvalue weighted by molar-refractivity contribution is 6.36. The third-order valence-electron chi connectivity index (χ3n) is 3.94. The summed E-state index contributed by atoms with van der Waals surface area (Å²) in [4.78, 5) is 39.0. The van der Waals surface area contributed by atoms with Gasteiger partial charge in [-0.05, 0) is 31.2 Å². The Morgan fingerprint density at radius 3 is 2.38 bits per heavy atom. The van der Waals surface area contributed by atoms with Crippen molar-refractivity contribution in [2.24, 2.45) is 0 Å². The molecule has 26 heavy (non-hydrogen) atoms. The number of fused-ring (bicyclic) bond motifs is 1. The van der Waals surface area contributed by atoms with Crippen molar-refractivity contribution in [1.82, 2.24) is 0 Å². The minimum atomic E-state index is -2.66. The molecule has 0 fully saturated rings. The zero-order chi connectivity index (χ0) is 19.1. The van der Waals surface area contributed by atoms with Crippen molar-refractivity contribution < 1.29 is 24.2 Å². The monoisotopic (exact) mass is 393 g/mol. The summed E-state index contributed by atoms with van der Waals surface area (Å²) in [6.07, 6.45) is 0. The van der Waals surface area contributed by atoms with Gasteiger partial charge in [0.15, 0.2) is 0 Å². The van der Waals surface area contributed by atoms with Crippen molar-refractivity contribution in [2.45, 2.75) is 12.5 Å². The van der Waals surface area contributed by atoms with Crippen LogP contribution in [0.15, 0.2) is 42.5 Å². The van der Waals surface area contributed by atoms with E-state index in [1.54, 1.807) is 13.0 Å². The van der Waals surface area contributed by atoms with Crippen molar-refractivity contribution in [3.05, 3.63) is 63.6 Å². The first-order valence-electron chi connectivity index (χ1n) is 7.64. The lowest BCUT2D eigenvalue weighted by molar-refractivity contribution is -0.171. The van der Waals surface area contributed by atoms with Crippen LogP contribution in [0.1, 0.15) is 22.8 Å². The first kappa shape index (κ1) is 18.4. The molecule has 6 nitrogen and oxygen atoms in total. The summed E-state index contributed by atoms with van der Waals surface area (Å²) in [7, 11) is 0. The Kier molecular flexibility index (Phi) is 4.75. The predicted octanol–water partition coefficient (Wildman–Crippen LogP) is 2.93. The van der Waals surface area contributed by atoms with Gasteiger partial charge in [-0.3, -0.25) is 9.59 Å². The summed E-state index contributed by atoms with van der Waals surface area (Å²) in [5, 5.41) is 11.4. The van der Waals surface area contributed by atoms with E-state index >= 15 is 0 Å². The van der Waals surface area contributed by atoms with E-state index in [2.05, 4.69) is 0 Å². The van der Waals surface area contributed by atoms with Crippen LogP contribution in [-0.4, -0.2) is 29.5 Å². The van der Waals surface area contributed by atoms with E-state index in [0.717, 1.165) is 0 Å². The summed E-state index contributed by atoms with van der Waals surface area (Å²) >= 11 is 11.9. The van der Waals surface area contributed by atoms with Crippen LogP contribution < -0.4 is 4.90 Å². The quantitative estimate of drug-likeness (QED) is 0.492. The highest BCUT2D eigenvalue weighted by Crippen LogP contribution is 2.38. The summed E-state index contributed by atoms with van der Waals surface area (Å²) in [6.45, 7) is 1.49. The number of nitrogens with zero attached hydrogens (tertiary/aromatic N) is 1. The Morgan fingerprint density at radius 1 is 1.15 bits per heavy atom. The third-order valence-corrected chi connectivity index (χ3v) is 4.38. The third kappa shape index (κ3) is 2.76. The second-order valence-electron chi connectivity index (χ2n) is 5.55. The van der Waals surface area contributed by atoms with Crippen molar-refractivity contribution in [3.8, 4) is 0 Å². The van der Waals surface area contributed by atoms with E-state index in [1.807, 2.05) is 0 Å². The van der Waals surface area contributed by atoms with Crippen LogP contribution in [0.2, 0.25) is 10.0 Å². The van der Waals surface area contributed by atoms with Crippen LogP contribution in [0.4, 0.5) is 5.69 Å². The predicted molar refractivity (Wildman–Crippen MR) is 95.3 cm³/mol. The van der Waals surface area contributed by atoms with Gasteiger partial charge in [0.1, 0.15) is 0 Å². The van der Waals surface area contributed by atoms with Gasteiger partial charge in [0.2, 0.25) is 0 Å². The molecule has 0 saturated carbocycles. The summed E-state index contributed by atoms with van der Waals surface area (Å²) in [5.41, 5.74) is -2.75. The molecule has 2 aromatic carbocycles. The van der Waals surface area contributed by atoms with Gasteiger partial charge in [-0.2, -0.15) is 0 Å². The minimum absolute atomic E-state index is 0.00116. The Labute approximate surface area is 158 Å². The van der Waals surface area contributed by atoms with Crippen LogP contribution in [-0.2, 0) is 19.9 Å². The fourth-order valence-corrected chi connectivity index (χ4v) is 3.33. The molecule has 0 saturated heterocycles. The van der Waals surface area contributed by atoms with Crippen molar-refractivity contribution in [3.63, 3.8) is 0 Å². The van der Waals surface area contributed by atoms with Gasteiger partial charge >= 0.3 is 5.97 Å². The van der Waals surface area contributed by atoms with E-state index in [-0.39, 0.29) is 33.5 Å². The second kappa shape index (κ2) is 6.72. The normalized spacial score (nSPS) is 19.3. The van der Waals surface area contributed by atoms with Gasteiger partial charge in [-0.25, -0.2) is 9.69 Å². The Balaban J connectivity index is 2.25. The fourth-order valence-electron chi connectivity index (χ4n) is 2.81.